The van der Waals surface area contributed by atoms with Gasteiger partial charge >= 0.3 is 0 Å². The largest absolute Gasteiger partial charge is 0.370 e. The lowest BCUT2D eigenvalue weighted by Gasteiger charge is -2.37. The second kappa shape index (κ2) is 5.64. The first-order valence-corrected chi connectivity index (χ1v) is 6.27. The Balaban J connectivity index is 2.59. The standard InChI is InChI=1S/C13H24O2/c1-4-6-12(14)13(15-3)9-7-11(5-2)8-10-13/h11H,4-10H2,1-3H3. The average Bonchev–Trinajstić information content (AvgIpc) is 2.29. The van der Waals surface area contributed by atoms with E-state index in [4.69, 9.17) is 4.74 Å². The maximum Gasteiger partial charge on any atom is 0.164 e. The Morgan fingerprint density at radius 2 is 1.93 bits per heavy atom. The highest BCUT2D eigenvalue weighted by atomic mass is 16.5. The molecule has 1 aliphatic rings. The van der Waals surface area contributed by atoms with Gasteiger partial charge < -0.3 is 4.74 Å². The molecule has 0 aliphatic heterocycles. The number of ketones is 1. The van der Waals surface area contributed by atoms with Crippen LogP contribution in [0.25, 0.3) is 0 Å². The first-order valence-electron chi connectivity index (χ1n) is 6.27. The lowest BCUT2D eigenvalue weighted by Crippen LogP contribution is -2.43. The van der Waals surface area contributed by atoms with E-state index in [0.29, 0.717) is 12.2 Å². The van der Waals surface area contributed by atoms with Crippen LogP contribution in [-0.2, 0) is 9.53 Å². The van der Waals surface area contributed by atoms with Crippen molar-refractivity contribution in [3.05, 3.63) is 0 Å². The van der Waals surface area contributed by atoms with Crippen molar-refractivity contribution >= 4 is 5.78 Å². The van der Waals surface area contributed by atoms with Gasteiger partial charge in [-0.15, -0.1) is 0 Å². The first kappa shape index (κ1) is 12.7. The van der Waals surface area contributed by atoms with Crippen LogP contribution in [0, 0.1) is 5.92 Å². The van der Waals surface area contributed by atoms with Crippen molar-refractivity contribution in [2.45, 2.75) is 64.4 Å². The quantitative estimate of drug-likeness (QED) is 0.698. The second-order valence-corrected chi connectivity index (χ2v) is 4.72. The highest BCUT2D eigenvalue weighted by Crippen LogP contribution is 2.37. The minimum Gasteiger partial charge on any atom is -0.370 e. The Kier molecular flexibility index (Phi) is 4.78. The van der Waals surface area contributed by atoms with Gasteiger partial charge in [-0.05, 0) is 38.0 Å². The van der Waals surface area contributed by atoms with Crippen LogP contribution in [0.4, 0.5) is 0 Å². The molecule has 0 unspecified atom stereocenters. The summed E-state index contributed by atoms with van der Waals surface area (Å²) < 4.78 is 5.54. The summed E-state index contributed by atoms with van der Waals surface area (Å²) in [6, 6.07) is 0. The molecule has 1 aliphatic carbocycles. The molecule has 0 bridgehead atoms. The van der Waals surface area contributed by atoms with Crippen LogP contribution in [0.3, 0.4) is 0 Å². The number of hydrogen-bond donors (Lipinski definition) is 0. The number of ether oxygens (including phenoxy) is 1. The normalized spacial score (nSPS) is 31.5. The lowest BCUT2D eigenvalue weighted by molar-refractivity contribution is -0.146. The molecule has 0 saturated heterocycles. The van der Waals surface area contributed by atoms with Gasteiger partial charge in [0.2, 0.25) is 0 Å². The number of Topliss-reactive ketones (excluding diaryl/α,β-unsaturated/α-hetero) is 1. The maximum atomic E-state index is 12.0. The Labute approximate surface area is 93.4 Å². The molecule has 0 radical (unpaired) electrons. The van der Waals surface area contributed by atoms with E-state index >= 15 is 0 Å². The summed E-state index contributed by atoms with van der Waals surface area (Å²) in [5.41, 5.74) is -0.429. The summed E-state index contributed by atoms with van der Waals surface area (Å²) in [4.78, 5) is 12.0. The van der Waals surface area contributed by atoms with Crippen molar-refractivity contribution < 1.29 is 9.53 Å². The molecule has 1 fully saturated rings. The maximum absolute atomic E-state index is 12.0. The third-order valence-corrected chi connectivity index (χ3v) is 3.87. The van der Waals surface area contributed by atoms with Crippen molar-refractivity contribution in [3.63, 3.8) is 0 Å². The first-order chi connectivity index (χ1) is 7.18. The molecule has 2 heteroatoms. The monoisotopic (exact) mass is 212 g/mol. The van der Waals surface area contributed by atoms with Crippen molar-refractivity contribution in [2.24, 2.45) is 5.92 Å². The predicted octanol–water partition coefficient (Wildman–Crippen LogP) is 3.34. The molecular formula is C13H24O2. The van der Waals surface area contributed by atoms with E-state index in [1.807, 2.05) is 0 Å². The molecule has 0 amide bonds. The van der Waals surface area contributed by atoms with Crippen LogP contribution in [0.5, 0.6) is 0 Å². The molecule has 15 heavy (non-hydrogen) atoms. The van der Waals surface area contributed by atoms with Gasteiger partial charge in [-0.3, -0.25) is 4.79 Å². The molecule has 0 aromatic rings. The van der Waals surface area contributed by atoms with E-state index in [1.54, 1.807) is 7.11 Å². The summed E-state index contributed by atoms with van der Waals surface area (Å²) in [6.07, 6.45) is 7.01. The Morgan fingerprint density at radius 1 is 1.33 bits per heavy atom. The summed E-state index contributed by atoms with van der Waals surface area (Å²) >= 11 is 0. The number of hydrogen-bond acceptors (Lipinski definition) is 2. The number of carbonyl (C=O) groups excluding carboxylic acids is 1. The van der Waals surface area contributed by atoms with Crippen molar-refractivity contribution in [2.75, 3.05) is 7.11 Å². The van der Waals surface area contributed by atoms with Gasteiger partial charge in [-0.25, -0.2) is 0 Å². The van der Waals surface area contributed by atoms with Gasteiger partial charge in [0, 0.05) is 13.5 Å². The zero-order valence-corrected chi connectivity index (χ0v) is 10.3. The fraction of sp³-hybridized carbons (Fsp3) is 0.923. The molecule has 0 aromatic carbocycles. The molecule has 0 N–H and O–H groups in total. The average molecular weight is 212 g/mol. The van der Waals surface area contributed by atoms with Crippen LogP contribution in [-0.4, -0.2) is 18.5 Å². The smallest absolute Gasteiger partial charge is 0.164 e. The third-order valence-electron chi connectivity index (χ3n) is 3.87. The molecule has 88 valence electrons. The summed E-state index contributed by atoms with van der Waals surface area (Å²) in [7, 11) is 1.69. The Morgan fingerprint density at radius 3 is 2.33 bits per heavy atom. The molecule has 0 atom stereocenters. The van der Waals surface area contributed by atoms with Gasteiger partial charge in [-0.2, -0.15) is 0 Å². The highest BCUT2D eigenvalue weighted by molar-refractivity contribution is 5.87. The summed E-state index contributed by atoms with van der Waals surface area (Å²) in [5.74, 6) is 1.13. The van der Waals surface area contributed by atoms with Gasteiger partial charge in [0.1, 0.15) is 5.60 Å². The second-order valence-electron chi connectivity index (χ2n) is 4.72. The van der Waals surface area contributed by atoms with Crippen molar-refractivity contribution in [3.8, 4) is 0 Å². The third kappa shape index (κ3) is 2.81. The van der Waals surface area contributed by atoms with E-state index in [9.17, 15) is 4.79 Å². The van der Waals surface area contributed by atoms with Crippen LogP contribution < -0.4 is 0 Å². The molecule has 1 rings (SSSR count). The van der Waals surface area contributed by atoms with E-state index in [1.165, 1.54) is 6.42 Å². The molecule has 1 saturated carbocycles. The molecule has 2 nitrogen and oxygen atoms in total. The van der Waals surface area contributed by atoms with E-state index < -0.39 is 5.60 Å². The van der Waals surface area contributed by atoms with Gasteiger partial charge in [-0.1, -0.05) is 20.3 Å². The zero-order chi connectivity index (χ0) is 11.3. The zero-order valence-electron chi connectivity index (χ0n) is 10.3. The minimum atomic E-state index is -0.429. The fourth-order valence-electron chi connectivity index (χ4n) is 2.60. The number of methoxy groups -OCH3 is 1. The van der Waals surface area contributed by atoms with Crippen LogP contribution in [0.15, 0.2) is 0 Å². The van der Waals surface area contributed by atoms with Gasteiger partial charge in [0.25, 0.3) is 0 Å². The summed E-state index contributed by atoms with van der Waals surface area (Å²) in [6.45, 7) is 4.29. The lowest BCUT2D eigenvalue weighted by atomic mass is 9.75. The minimum absolute atomic E-state index is 0.321. The number of carbonyl (C=O) groups is 1. The molecule has 0 spiro atoms. The molecule has 0 aromatic heterocycles. The van der Waals surface area contributed by atoms with E-state index in [-0.39, 0.29) is 0 Å². The Bertz CT molecular complexity index is 203. The van der Waals surface area contributed by atoms with Crippen molar-refractivity contribution in [1.82, 2.24) is 0 Å². The highest BCUT2D eigenvalue weighted by Gasteiger charge is 2.40. The predicted molar refractivity (Wildman–Crippen MR) is 61.9 cm³/mol. The molecule has 0 heterocycles. The molecular weight excluding hydrogens is 188 g/mol. The van der Waals surface area contributed by atoms with Gasteiger partial charge in [0.05, 0.1) is 0 Å². The van der Waals surface area contributed by atoms with E-state index in [2.05, 4.69) is 13.8 Å². The number of rotatable bonds is 5. The van der Waals surface area contributed by atoms with Crippen LogP contribution >= 0.6 is 0 Å². The van der Waals surface area contributed by atoms with Gasteiger partial charge in [0.15, 0.2) is 5.78 Å². The van der Waals surface area contributed by atoms with Crippen molar-refractivity contribution in [1.29, 1.82) is 0 Å². The Hall–Kier alpha value is -0.370. The van der Waals surface area contributed by atoms with E-state index in [0.717, 1.165) is 38.0 Å². The SMILES string of the molecule is CCCC(=O)C1(OC)CCC(CC)CC1. The fourth-order valence-corrected chi connectivity index (χ4v) is 2.60. The van der Waals surface area contributed by atoms with Crippen LogP contribution in [0.2, 0.25) is 0 Å². The summed E-state index contributed by atoms with van der Waals surface area (Å²) in [5, 5.41) is 0. The topological polar surface area (TPSA) is 26.3 Å². The van der Waals surface area contributed by atoms with Crippen LogP contribution in [0.1, 0.15) is 58.8 Å².